The maximum absolute atomic E-state index is 6.68. The molecule has 1 aliphatic rings. The smallest absolute Gasteiger partial charge is 0.238 e. The first-order valence-corrected chi connectivity index (χ1v) is 17.7. The molecule has 0 aliphatic carbocycles. The predicted octanol–water partition coefficient (Wildman–Crippen LogP) is 10.6. The highest BCUT2D eigenvalue weighted by molar-refractivity contribution is 6.24. The standard InChI is InChI=1S/C45H29N7O/c1-3-13-28(14-4-1)42-48-43(29-15-5-2-6-16-29)50-45(49-42)52-37-22-10-8-19-32(37)34-25-24-33-31-18-7-9-21-36(31)51(39(33)40(34)52)38-23-11-20-35-41(38)53-44(47-35)30-17-12-26-46-27-30/h1-16,18-27,30H,17H2. The molecule has 8 heteroatoms. The number of aromatic nitrogens is 6. The van der Waals surface area contributed by atoms with Gasteiger partial charge < -0.3 is 8.98 Å². The van der Waals surface area contributed by atoms with Crippen LogP contribution >= 0.6 is 0 Å². The molecule has 0 amide bonds. The van der Waals surface area contributed by atoms with Crippen LogP contribution in [-0.4, -0.2) is 35.3 Å². The van der Waals surface area contributed by atoms with Crippen molar-refractivity contribution in [2.45, 2.75) is 12.3 Å². The summed E-state index contributed by atoms with van der Waals surface area (Å²) in [6, 6.07) is 47.9. The van der Waals surface area contributed by atoms with Crippen LogP contribution in [0.15, 0.2) is 161 Å². The zero-order valence-corrected chi connectivity index (χ0v) is 28.3. The molecular weight excluding hydrogens is 655 g/mol. The van der Waals surface area contributed by atoms with E-state index in [0.717, 1.165) is 77.9 Å². The van der Waals surface area contributed by atoms with Crippen molar-refractivity contribution in [1.82, 2.24) is 29.1 Å². The highest BCUT2D eigenvalue weighted by atomic mass is 16.3. The van der Waals surface area contributed by atoms with Crippen molar-refractivity contribution in [3.63, 3.8) is 0 Å². The van der Waals surface area contributed by atoms with Gasteiger partial charge in [0.2, 0.25) is 11.8 Å². The quantitative estimate of drug-likeness (QED) is 0.180. The maximum Gasteiger partial charge on any atom is 0.238 e. The van der Waals surface area contributed by atoms with Crippen molar-refractivity contribution in [2.24, 2.45) is 4.99 Å². The SMILES string of the molecule is C1=CN=CC(c2nc3cccc(-n4c5ccccc5c5ccc6c7ccccc7n(-c7nc(-c8ccccc8)nc(-c8ccccc8)n7)c6c54)c3o2)C1. The Morgan fingerprint density at radius 3 is 1.77 bits per heavy atom. The van der Waals surface area contributed by atoms with E-state index in [9.17, 15) is 0 Å². The van der Waals surface area contributed by atoms with Gasteiger partial charge in [0, 0.05) is 45.1 Å². The molecule has 0 saturated carbocycles. The Kier molecular flexibility index (Phi) is 6.51. The van der Waals surface area contributed by atoms with E-state index in [-0.39, 0.29) is 5.92 Å². The molecule has 1 aliphatic heterocycles. The Bertz CT molecular complexity index is 3040. The summed E-state index contributed by atoms with van der Waals surface area (Å²) in [5, 5.41) is 4.44. The van der Waals surface area contributed by atoms with Gasteiger partial charge in [-0.2, -0.15) is 9.97 Å². The molecule has 250 valence electrons. The van der Waals surface area contributed by atoms with Gasteiger partial charge in [-0.05, 0) is 30.7 Å². The van der Waals surface area contributed by atoms with E-state index < -0.39 is 0 Å². The molecule has 4 aromatic heterocycles. The maximum atomic E-state index is 6.68. The highest BCUT2D eigenvalue weighted by Gasteiger charge is 2.25. The molecule has 1 unspecified atom stereocenters. The van der Waals surface area contributed by atoms with Gasteiger partial charge >= 0.3 is 0 Å². The average molecular weight is 684 g/mol. The lowest BCUT2D eigenvalue weighted by atomic mass is 10.1. The minimum atomic E-state index is -0.0194. The molecule has 0 fully saturated rings. The van der Waals surface area contributed by atoms with Crippen LogP contribution in [0.4, 0.5) is 0 Å². The second-order valence-electron chi connectivity index (χ2n) is 13.3. The first-order chi connectivity index (χ1) is 26.3. The van der Waals surface area contributed by atoms with E-state index in [1.165, 1.54) is 0 Å². The van der Waals surface area contributed by atoms with E-state index in [1.807, 2.05) is 79.1 Å². The van der Waals surface area contributed by atoms with Gasteiger partial charge in [0.15, 0.2) is 17.2 Å². The van der Waals surface area contributed by atoms with Crippen LogP contribution < -0.4 is 0 Å². The topological polar surface area (TPSA) is 86.9 Å². The van der Waals surface area contributed by atoms with Crippen LogP contribution in [-0.2, 0) is 0 Å². The summed E-state index contributed by atoms with van der Waals surface area (Å²) in [5.41, 5.74) is 8.35. The minimum Gasteiger partial charge on any atom is -0.438 e. The third-order valence-electron chi connectivity index (χ3n) is 10.2. The number of allylic oxidation sites excluding steroid dienone is 1. The van der Waals surface area contributed by atoms with Gasteiger partial charge in [-0.1, -0.05) is 121 Å². The van der Waals surface area contributed by atoms with Gasteiger partial charge in [0.1, 0.15) is 5.52 Å². The number of oxazole rings is 1. The number of para-hydroxylation sites is 3. The van der Waals surface area contributed by atoms with Crippen molar-refractivity contribution in [1.29, 1.82) is 0 Å². The first kappa shape index (κ1) is 29.5. The molecule has 0 radical (unpaired) electrons. The van der Waals surface area contributed by atoms with E-state index in [2.05, 4.69) is 93.0 Å². The van der Waals surface area contributed by atoms with E-state index in [4.69, 9.17) is 24.4 Å². The lowest BCUT2D eigenvalue weighted by Crippen LogP contribution is -2.07. The van der Waals surface area contributed by atoms with Crippen molar-refractivity contribution >= 4 is 60.9 Å². The lowest BCUT2D eigenvalue weighted by molar-refractivity contribution is 0.516. The summed E-state index contributed by atoms with van der Waals surface area (Å²) >= 11 is 0. The predicted molar refractivity (Wildman–Crippen MR) is 212 cm³/mol. The van der Waals surface area contributed by atoms with Gasteiger partial charge in [0.25, 0.3) is 0 Å². The molecule has 1 atom stereocenters. The van der Waals surface area contributed by atoms with Crippen LogP contribution in [0.1, 0.15) is 18.2 Å². The Balaban J connectivity index is 1.28. The number of hydrogen-bond donors (Lipinski definition) is 0. The second-order valence-corrected chi connectivity index (χ2v) is 13.3. The third kappa shape index (κ3) is 4.59. The fourth-order valence-corrected chi connectivity index (χ4v) is 7.79. The number of nitrogens with zero attached hydrogens (tertiary/aromatic N) is 7. The number of aliphatic imine (C=N–C) groups is 1. The van der Waals surface area contributed by atoms with Crippen LogP contribution in [0.25, 0.3) is 89.1 Å². The third-order valence-corrected chi connectivity index (χ3v) is 10.2. The zero-order chi connectivity index (χ0) is 34.9. The van der Waals surface area contributed by atoms with Gasteiger partial charge in [0.05, 0.1) is 33.7 Å². The Morgan fingerprint density at radius 2 is 1.13 bits per heavy atom. The van der Waals surface area contributed by atoms with E-state index in [1.54, 1.807) is 0 Å². The monoisotopic (exact) mass is 683 g/mol. The van der Waals surface area contributed by atoms with Crippen LogP contribution in [0, 0.1) is 0 Å². The fourth-order valence-electron chi connectivity index (χ4n) is 7.79. The zero-order valence-electron chi connectivity index (χ0n) is 28.3. The molecule has 5 heterocycles. The Morgan fingerprint density at radius 1 is 0.528 bits per heavy atom. The Labute approximate surface area is 303 Å². The van der Waals surface area contributed by atoms with Gasteiger partial charge in [-0.3, -0.25) is 9.56 Å². The molecule has 53 heavy (non-hydrogen) atoms. The van der Waals surface area contributed by atoms with Crippen molar-refractivity contribution in [3.8, 4) is 34.4 Å². The van der Waals surface area contributed by atoms with E-state index >= 15 is 0 Å². The van der Waals surface area contributed by atoms with Gasteiger partial charge in [-0.15, -0.1) is 0 Å². The first-order valence-electron chi connectivity index (χ1n) is 17.7. The van der Waals surface area contributed by atoms with Crippen molar-refractivity contribution in [2.75, 3.05) is 0 Å². The molecule has 6 aromatic carbocycles. The summed E-state index contributed by atoms with van der Waals surface area (Å²) in [7, 11) is 0. The summed E-state index contributed by atoms with van der Waals surface area (Å²) in [6.07, 6.45) is 6.58. The summed E-state index contributed by atoms with van der Waals surface area (Å²) in [5.74, 6) is 2.39. The summed E-state index contributed by atoms with van der Waals surface area (Å²) in [6.45, 7) is 0. The summed E-state index contributed by atoms with van der Waals surface area (Å²) in [4.78, 5) is 24.8. The van der Waals surface area contributed by atoms with Crippen LogP contribution in [0.2, 0.25) is 0 Å². The lowest BCUT2D eigenvalue weighted by Gasteiger charge is -2.13. The minimum absolute atomic E-state index is 0.0194. The molecule has 0 bridgehead atoms. The Hall–Kier alpha value is -7.19. The van der Waals surface area contributed by atoms with Crippen molar-refractivity contribution in [3.05, 3.63) is 158 Å². The highest BCUT2D eigenvalue weighted by Crippen LogP contribution is 2.43. The number of rotatable bonds is 5. The second kappa shape index (κ2) is 11.7. The molecule has 10 aromatic rings. The largest absolute Gasteiger partial charge is 0.438 e. The molecular formula is C45H29N7O. The number of hydrogen-bond acceptors (Lipinski definition) is 6. The number of fused-ring (bicyclic) bond motifs is 8. The van der Waals surface area contributed by atoms with Crippen LogP contribution in [0.3, 0.4) is 0 Å². The van der Waals surface area contributed by atoms with Crippen LogP contribution in [0.5, 0.6) is 0 Å². The normalized spacial score (nSPS) is 14.4. The molecule has 8 nitrogen and oxygen atoms in total. The van der Waals surface area contributed by atoms with Gasteiger partial charge in [-0.25, -0.2) is 9.97 Å². The fraction of sp³-hybridized carbons (Fsp3) is 0.0444. The number of benzene rings is 6. The molecule has 0 spiro atoms. The molecule has 11 rings (SSSR count). The van der Waals surface area contributed by atoms with E-state index in [0.29, 0.717) is 23.5 Å². The molecule has 0 N–H and O–H groups in total. The molecule has 0 saturated heterocycles. The average Bonchev–Trinajstić information content (AvgIpc) is 3.92. The summed E-state index contributed by atoms with van der Waals surface area (Å²) < 4.78 is 11.2. The van der Waals surface area contributed by atoms with Crippen molar-refractivity contribution < 1.29 is 4.42 Å².